The standard InChI is InChI=1S/C24H38OS2/c1-7-26(8-2,9-3)21-16-13-15-20(19-21)22-17-14-18-23(24(22)25)27(10-4,11-5)12-6/h13-19,25H,7-12H2,1-6H3. The number of hydrogen-bond donors (Lipinski definition) is 1. The number of phenols is 1. The molecule has 0 atom stereocenters. The lowest BCUT2D eigenvalue weighted by molar-refractivity contribution is 0.464. The number of aromatic hydroxyl groups is 1. The zero-order chi connectivity index (χ0) is 20.1. The molecule has 0 radical (unpaired) electrons. The van der Waals surface area contributed by atoms with Crippen LogP contribution in [0.1, 0.15) is 41.5 Å². The van der Waals surface area contributed by atoms with E-state index in [-0.39, 0.29) is 0 Å². The Labute approximate surface area is 170 Å². The average molecular weight is 407 g/mol. The van der Waals surface area contributed by atoms with Crippen molar-refractivity contribution in [2.24, 2.45) is 0 Å². The van der Waals surface area contributed by atoms with Gasteiger partial charge in [0.15, 0.2) is 0 Å². The predicted molar refractivity (Wildman–Crippen MR) is 129 cm³/mol. The summed E-state index contributed by atoms with van der Waals surface area (Å²) in [6.45, 7) is 13.8. The second-order valence-corrected chi connectivity index (χ2v) is 15.6. The molecule has 0 saturated heterocycles. The summed E-state index contributed by atoms with van der Waals surface area (Å²) >= 11 is 0. The molecule has 0 aliphatic carbocycles. The molecule has 0 heterocycles. The Bertz CT molecular complexity index is 729. The van der Waals surface area contributed by atoms with Gasteiger partial charge in [-0.25, -0.2) is 20.1 Å². The number of phenolic OH excluding ortho intramolecular Hbond substituents is 1. The highest BCUT2D eigenvalue weighted by atomic mass is 32.3. The number of hydrogen-bond acceptors (Lipinski definition) is 1. The van der Waals surface area contributed by atoms with Crippen LogP contribution in [0.3, 0.4) is 0 Å². The first-order valence-electron chi connectivity index (χ1n) is 10.4. The van der Waals surface area contributed by atoms with Crippen LogP contribution in [0.5, 0.6) is 5.75 Å². The van der Waals surface area contributed by atoms with E-state index in [2.05, 4.69) is 84.0 Å². The molecule has 27 heavy (non-hydrogen) atoms. The molecule has 0 bridgehead atoms. The van der Waals surface area contributed by atoms with E-state index in [4.69, 9.17) is 0 Å². The van der Waals surface area contributed by atoms with E-state index in [1.54, 1.807) is 0 Å². The Hall–Kier alpha value is -1.06. The molecule has 0 unspecified atom stereocenters. The normalized spacial score (nSPS) is 13.6. The van der Waals surface area contributed by atoms with Gasteiger partial charge in [-0.2, -0.15) is 0 Å². The highest BCUT2D eigenvalue weighted by molar-refractivity contribution is 8.34. The van der Waals surface area contributed by atoms with E-state index in [1.807, 2.05) is 0 Å². The lowest BCUT2D eigenvalue weighted by Crippen LogP contribution is -2.10. The van der Waals surface area contributed by atoms with Gasteiger partial charge in [0.2, 0.25) is 0 Å². The second-order valence-electron chi connectivity index (χ2n) is 7.00. The zero-order valence-electron chi connectivity index (χ0n) is 18.0. The molecule has 1 N–H and O–H groups in total. The molecule has 2 aromatic rings. The molecule has 2 rings (SSSR count). The molecule has 0 aromatic heterocycles. The quantitative estimate of drug-likeness (QED) is 0.457. The molecule has 0 fully saturated rings. The first kappa shape index (κ1) is 22.2. The summed E-state index contributed by atoms with van der Waals surface area (Å²) in [7, 11) is -1.71. The van der Waals surface area contributed by atoms with Crippen molar-refractivity contribution >= 4 is 20.1 Å². The number of para-hydroxylation sites is 1. The Balaban J connectivity index is 2.61. The van der Waals surface area contributed by atoms with Crippen LogP contribution in [0.2, 0.25) is 0 Å². The van der Waals surface area contributed by atoms with Gasteiger partial charge in [0.1, 0.15) is 5.75 Å². The van der Waals surface area contributed by atoms with E-state index in [0.29, 0.717) is 5.75 Å². The van der Waals surface area contributed by atoms with Crippen molar-refractivity contribution < 1.29 is 5.11 Å². The maximum absolute atomic E-state index is 11.3. The molecule has 152 valence electrons. The molecule has 3 heteroatoms. The summed E-state index contributed by atoms with van der Waals surface area (Å²) in [5, 5.41) is 11.3. The maximum atomic E-state index is 11.3. The van der Waals surface area contributed by atoms with Gasteiger partial charge in [-0.1, -0.05) is 71.9 Å². The van der Waals surface area contributed by atoms with Crippen LogP contribution in [0.25, 0.3) is 11.1 Å². The Kier molecular flexibility index (Phi) is 7.76. The predicted octanol–water partition coefficient (Wildman–Crippen LogP) is 7.51. The van der Waals surface area contributed by atoms with Crippen LogP contribution < -0.4 is 0 Å². The number of benzene rings is 2. The third-order valence-electron chi connectivity index (χ3n) is 6.43. The lowest BCUT2D eigenvalue weighted by atomic mass is 10.0. The Morgan fingerprint density at radius 2 is 1.19 bits per heavy atom. The first-order valence-corrected chi connectivity index (χ1v) is 14.7. The fourth-order valence-electron chi connectivity index (χ4n) is 4.23. The van der Waals surface area contributed by atoms with Crippen molar-refractivity contribution in [2.45, 2.75) is 51.3 Å². The number of rotatable bonds is 9. The topological polar surface area (TPSA) is 20.2 Å². The van der Waals surface area contributed by atoms with Crippen LogP contribution in [-0.4, -0.2) is 39.6 Å². The fraction of sp³-hybridized carbons (Fsp3) is 0.500. The van der Waals surface area contributed by atoms with E-state index in [0.717, 1.165) is 28.4 Å². The highest BCUT2D eigenvalue weighted by Gasteiger charge is 2.26. The van der Waals surface area contributed by atoms with E-state index in [9.17, 15) is 5.11 Å². The SMILES string of the molecule is CCS(CC)(CC)c1cccc(-c2cccc(S(CC)(CC)CC)c2O)c1. The van der Waals surface area contributed by atoms with Crippen LogP contribution >= 0.6 is 20.1 Å². The molecule has 0 aliphatic rings. The minimum absolute atomic E-state index is 0.514. The van der Waals surface area contributed by atoms with Crippen molar-refractivity contribution in [3.8, 4) is 16.9 Å². The summed E-state index contributed by atoms with van der Waals surface area (Å²) in [5.74, 6) is 7.59. The van der Waals surface area contributed by atoms with Gasteiger partial charge in [-0.15, -0.1) is 0 Å². The fourth-order valence-corrected chi connectivity index (χ4v) is 10.2. The summed E-state index contributed by atoms with van der Waals surface area (Å²) in [5.41, 5.74) is 2.16. The smallest absolute Gasteiger partial charge is 0.135 e. The Morgan fingerprint density at radius 3 is 1.70 bits per heavy atom. The second kappa shape index (κ2) is 9.43. The van der Waals surface area contributed by atoms with Crippen LogP contribution in [0, 0.1) is 0 Å². The van der Waals surface area contributed by atoms with Crippen molar-refractivity contribution in [3.05, 3.63) is 42.5 Å². The molecule has 1 nitrogen and oxygen atoms in total. The third kappa shape index (κ3) is 4.05. The maximum Gasteiger partial charge on any atom is 0.135 e. The molecule has 0 amide bonds. The van der Waals surface area contributed by atoms with Gasteiger partial charge in [-0.05, 0) is 57.1 Å². The van der Waals surface area contributed by atoms with Crippen molar-refractivity contribution in [1.82, 2.24) is 0 Å². The minimum Gasteiger partial charge on any atom is -0.506 e. The summed E-state index contributed by atoms with van der Waals surface area (Å²) in [6.07, 6.45) is 0. The molecule has 2 aromatic carbocycles. The Morgan fingerprint density at radius 1 is 0.667 bits per heavy atom. The highest BCUT2D eigenvalue weighted by Crippen LogP contribution is 2.60. The van der Waals surface area contributed by atoms with Gasteiger partial charge < -0.3 is 5.11 Å². The summed E-state index contributed by atoms with van der Waals surface area (Å²) in [4.78, 5) is 2.68. The van der Waals surface area contributed by atoms with Gasteiger partial charge in [0.05, 0.1) is 0 Å². The van der Waals surface area contributed by atoms with Gasteiger partial charge in [0, 0.05) is 10.5 Å². The van der Waals surface area contributed by atoms with Gasteiger partial charge >= 0.3 is 0 Å². The first-order chi connectivity index (χ1) is 13.0. The minimum atomic E-state index is -0.947. The van der Waals surface area contributed by atoms with Gasteiger partial charge in [0.25, 0.3) is 0 Å². The van der Waals surface area contributed by atoms with E-state index in [1.165, 1.54) is 27.0 Å². The summed E-state index contributed by atoms with van der Waals surface area (Å²) < 4.78 is 0. The lowest BCUT2D eigenvalue weighted by Gasteiger charge is -2.39. The van der Waals surface area contributed by atoms with E-state index < -0.39 is 20.1 Å². The molecule has 0 aliphatic heterocycles. The molecule has 0 saturated carbocycles. The molecular weight excluding hydrogens is 368 g/mol. The molecular formula is C24H38OS2. The van der Waals surface area contributed by atoms with Crippen molar-refractivity contribution in [3.63, 3.8) is 0 Å². The average Bonchev–Trinajstić information content (AvgIpc) is 2.73. The van der Waals surface area contributed by atoms with Crippen molar-refractivity contribution in [1.29, 1.82) is 0 Å². The van der Waals surface area contributed by atoms with Crippen molar-refractivity contribution in [2.75, 3.05) is 34.5 Å². The largest absolute Gasteiger partial charge is 0.506 e. The van der Waals surface area contributed by atoms with Crippen LogP contribution in [0.4, 0.5) is 0 Å². The monoisotopic (exact) mass is 406 g/mol. The van der Waals surface area contributed by atoms with Crippen LogP contribution in [0.15, 0.2) is 52.3 Å². The summed E-state index contributed by atoms with van der Waals surface area (Å²) in [6, 6.07) is 15.4. The van der Waals surface area contributed by atoms with Crippen LogP contribution in [-0.2, 0) is 0 Å². The molecule has 0 spiro atoms. The van der Waals surface area contributed by atoms with E-state index >= 15 is 0 Å². The zero-order valence-corrected chi connectivity index (χ0v) is 19.7. The van der Waals surface area contributed by atoms with Gasteiger partial charge in [-0.3, -0.25) is 0 Å². The third-order valence-corrected chi connectivity index (χ3v) is 15.6.